The molecule has 3 fully saturated rings. The molecule has 1 aromatic rings. The summed E-state index contributed by atoms with van der Waals surface area (Å²) in [4.78, 5) is 17.2. The third kappa shape index (κ3) is 2.75. The van der Waals surface area contributed by atoms with Crippen molar-refractivity contribution in [1.29, 1.82) is 0 Å². The molecule has 1 aromatic heterocycles. The zero-order valence-electron chi connectivity index (χ0n) is 14.5. The van der Waals surface area contributed by atoms with Crippen LogP contribution in [0.25, 0.3) is 0 Å². The van der Waals surface area contributed by atoms with E-state index in [0.717, 1.165) is 38.6 Å². The summed E-state index contributed by atoms with van der Waals surface area (Å²) in [6, 6.07) is 2.56. The Balaban J connectivity index is 1.42. The van der Waals surface area contributed by atoms with Gasteiger partial charge in [0, 0.05) is 51.4 Å². The van der Waals surface area contributed by atoms with Gasteiger partial charge in [0.2, 0.25) is 0 Å². The van der Waals surface area contributed by atoms with Gasteiger partial charge in [-0.3, -0.25) is 14.8 Å². The van der Waals surface area contributed by atoms with E-state index in [2.05, 4.69) is 15.1 Å². The smallest absolute Gasteiger partial charge is 0.271 e. The molecule has 3 heterocycles. The summed E-state index contributed by atoms with van der Waals surface area (Å²) in [5.41, 5.74) is 0.929. The Kier molecular flexibility index (Phi) is 4.35. The van der Waals surface area contributed by atoms with Crippen molar-refractivity contribution in [3.8, 4) is 0 Å². The molecule has 0 radical (unpaired) electrons. The first kappa shape index (κ1) is 16.1. The largest absolute Gasteiger partial charge is 0.384 e. The Bertz CT molecular complexity index is 562. The van der Waals surface area contributed by atoms with Gasteiger partial charge in [0.25, 0.3) is 5.91 Å². The maximum atomic E-state index is 12.5. The molecule has 1 spiro atoms. The van der Waals surface area contributed by atoms with E-state index in [0.29, 0.717) is 17.0 Å². The minimum atomic E-state index is 0.0829. The molecule has 24 heavy (non-hydrogen) atoms. The molecule has 1 atom stereocenters. The van der Waals surface area contributed by atoms with Crippen molar-refractivity contribution < 1.29 is 9.53 Å². The maximum Gasteiger partial charge on any atom is 0.271 e. The van der Waals surface area contributed by atoms with Gasteiger partial charge in [0.05, 0.1) is 6.61 Å². The Morgan fingerprint density at radius 1 is 1.42 bits per heavy atom. The fourth-order valence-corrected chi connectivity index (χ4v) is 4.80. The molecule has 1 amide bonds. The summed E-state index contributed by atoms with van der Waals surface area (Å²) < 4.78 is 5.55. The van der Waals surface area contributed by atoms with E-state index in [4.69, 9.17) is 4.74 Å². The van der Waals surface area contributed by atoms with Crippen LogP contribution in [-0.2, 0) is 4.74 Å². The zero-order valence-corrected chi connectivity index (χ0v) is 14.5. The van der Waals surface area contributed by atoms with Crippen LogP contribution in [0.3, 0.4) is 0 Å². The van der Waals surface area contributed by atoms with Crippen molar-refractivity contribution in [2.24, 2.45) is 11.3 Å². The highest BCUT2D eigenvalue weighted by atomic mass is 16.5. The lowest BCUT2D eigenvalue weighted by atomic mass is 9.71. The highest BCUT2D eigenvalue weighted by Crippen LogP contribution is 2.47. The number of piperidine rings is 1. The number of methoxy groups -OCH3 is 1. The predicted octanol–water partition coefficient (Wildman–Crippen LogP) is 1.76. The van der Waals surface area contributed by atoms with Gasteiger partial charge in [-0.2, -0.15) is 5.10 Å². The van der Waals surface area contributed by atoms with Crippen LogP contribution in [0.15, 0.2) is 12.3 Å². The molecule has 6 nitrogen and oxygen atoms in total. The number of hydrogen-bond acceptors (Lipinski definition) is 4. The first-order valence-electron chi connectivity index (χ1n) is 9.23. The molecule has 6 heteroatoms. The molecule has 4 rings (SSSR count). The summed E-state index contributed by atoms with van der Waals surface area (Å²) in [5.74, 6) is 0.687. The van der Waals surface area contributed by atoms with Crippen LogP contribution in [0.4, 0.5) is 0 Å². The summed E-state index contributed by atoms with van der Waals surface area (Å²) in [5, 5.41) is 6.69. The van der Waals surface area contributed by atoms with Crippen LogP contribution in [-0.4, -0.2) is 71.8 Å². The lowest BCUT2D eigenvalue weighted by Crippen LogP contribution is -2.47. The molecular weight excluding hydrogens is 304 g/mol. The van der Waals surface area contributed by atoms with E-state index in [1.165, 1.54) is 32.4 Å². The number of amides is 1. The number of carbonyl (C=O) groups excluding carboxylic acids is 1. The Morgan fingerprint density at radius 3 is 2.79 bits per heavy atom. The first-order chi connectivity index (χ1) is 11.7. The van der Waals surface area contributed by atoms with E-state index < -0.39 is 0 Å². The van der Waals surface area contributed by atoms with Crippen LogP contribution >= 0.6 is 0 Å². The maximum absolute atomic E-state index is 12.5. The van der Waals surface area contributed by atoms with Crippen LogP contribution in [0.1, 0.15) is 42.6 Å². The molecular formula is C18H28N4O2. The van der Waals surface area contributed by atoms with Gasteiger partial charge in [0.15, 0.2) is 0 Å². The van der Waals surface area contributed by atoms with Crippen molar-refractivity contribution in [3.63, 3.8) is 0 Å². The lowest BCUT2D eigenvalue weighted by molar-refractivity contribution is 0.0309. The number of carbonyl (C=O) groups is 1. The van der Waals surface area contributed by atoms with Crippen LogP contribution in [0.2, 0.25) is 0 Å². The topological polar surface area (TPSA) is 61.5 Å². The summed E-state index contributed by atoms with van der Waals surface area (Å²) in [6.07, 6.45) is 7.92. The summed E-state index contributed by atoms with van der Waals surface area (Å²) in [6.45, 7) is 4.90. The first-order valence-corrected chi connectivity index (χ1v) is 9.23. The third-order valence-electron chi connectivity index (χ3n) is 6.58. The number of ether oxygens (including phenoxy) is 1. The number of nitrogens with zero attached hydrogens (tertiary/aromatic N) is 3. The number of aromatic amines is 1. The third-order valence-corrected chi connectivity index (χ3v) is 6.58. The van der Waals surface area contributed by atoms with Gasteiger partial charge in [-0.15, -0.1) is 0 Å². The van der Waals surface area contributed by atoms with E-state index in [9.17, 15) is 4.79 Å². The Labute approximate surface area is 143 Å². The molecule has 132 valence electrons. The fourth-order valence-electron chi connectivity index (χ4n) is 4.80. The fraction of sp³-hybridized carbons (Fsp3) is 0.778. The van der Waals surface area contributed by atoms with E-state index in [1.54, 1.807) is 12.3 Å². The number of H-pyrrole nitrogens is 1. The van der Waals surface area contributed by atoms with Crippen LogP contribution in [0.5, 0.6) is 0 Å². The summed E-state index contributed by atoms with van der Waals surface area (Å²) >= 11 is 0. The molecule has 1 unspecified atom stereocenters. The van der Waals surface area contributed by atoms with Crippen molar-refractivity contribution in [2.45, 2.75) is 38.1 Å². The SMILES string of the molecule is COCC1CN(C2CCC2)CC12CCN(C(=O)c1ccn[nH]1)CC2. The second kappa shape index (κ2) is 6.48. The molecule has 2 aliphatic heterocycles. The normalized spacial score (nSPS) is 27.5. The van der Waals surface area contributed by atoms with Gasteiger partial charge >= 0.3 is 0 Å². The van der Waals surface area contributed by atoms with E-state index >= 15 is 0 Å². The molecule has 1 aliphatic carbocycles. The molecule has 0 aromatic carbocycles. The minimum absolute atomic E-state index is 0.0829. The van der Waals surface area contributed by atoms with Crippen molar-refractivity contribution in [2.75, 3.05) is 39.9 Å². The summed E-state index contributed by atoms with van der Waals surface area (Å²) in [7, 11) is 1.82. The number of rotatable bonds is 4. The van der Waals surface area contributed by atoms with E-state index in [1.807, 2.05) is 12.0 Å². The van der Waals surface area contributed by atoms with Crippen LogP contribution in [0, 0.1) is 11.3 Å². The van der Waals surface area contributed by atoms with Gasteiger partial charge in [-0.25, -0.2) is 0 Å². The van der Waals surface area contributed by atoms with Gasteiger partial charge in [0.1, 0.15) is 5.69 Å². The molecule has 2 saturated heterocycles. The molecule has 0 bridgehead atoms. The lowest BCUT2D eigenvalue weighted by Gasteiger charge is -2.43. The van der Waals surface area contributed by atoms with Crippen molar-refractivity contribution in [3.05, 3.63) is 18.0 Å². The number of likely N-dealkylation sites (tertiary alicyclic amines) is 2. The van der Waals surface area contributed by atoms with Crippen molar-refractivity contribution in [1.82, 2.24) is 20.0 Å². The molecule has 3 aliphatic rings. The second-order valence-electron chi connectivity index (χ2n) is 7.79. The standard InChI is InChI=1S/C18H28N4O2/c1-24-12-14-11-22(15-3-2-4-15)13-18(14)6-9-21(10-7-18)17(23)16-5-8-19-20-16/h5,8,14-15H,2-4,6-7,9-13H2,1H3,(H,19,20). The zero-order chi connectivity index (χ0) is 16.6. The van der Waals surface area contributed by atoms with Gasteiger partial charge in [-0.1, -0.05) is 6.42 Å². The second-order valence-corrected chi connectivity index (χ2v) is 7.79. The Hall–Kier alpha value is -1.40. The molecule has 1 saturated carbocycles. The highest BCUT2D eigenvalue weighted by molar-refractivity contribution is 5.92. The Morgan fingerprint density at radius 2 is 2.21 bits per heavy atom. The number of hydrogen-bond donors (Lipinski definition) is 1. The minimum Gasteiger partial charge on any atom is -0.384 e. The van der Waals surface area contributed by atoms with Crippen LogP contribution < -0.4 is 0 Å². The number of nitrogens with one attached hydrogen (secondary N) is 1. The molecule has 1 N–H and O–H groups in total. The monoisotopic (exact) mass is 332 g/mol. The average molecular weight is 332 g/mol. The van der Waals surface area contributed by atoms with E-state index in [-0.39, 0.29) is 5.91 Å². The predicted molar refractivity (Wildman–Crippen MR) is 90.7 cm³/mol. The number of aromatic nitrogens is 2. The average Bonchev–Trinajstić information content (AvgIpc) is 3.16. The quantitative estimate of drug-likeness (QED) is 0.913. The van der Waals surface area contributed by atoms with Gasteiger partial charge < -0.3 is 9.64 Å². The van der Waals surface area contributed by atoms with Crippen molar-refractivity contribution >= 4 is 5.91 Å². The highest BCUT2D eigenvalue weighted by Gasteiger charge is 2.50. The van der Waals surface area contributed by atoms with Gasteiger partial charge in [-0.05, 0) is 37.2 Å².